The van der Waals surface area contributed by atoms with Crippen LogP contribution in [0.25, 0.3) is 0 Å². The lowest BCUT2D eigenvalue weighted by Crippen LogP contribution is -2.37. The molecule has 3 N–H and O–H groups in total. The molecule has 0 bridgehead atoms. The van der Waals surface area contributed by atoms with E-state index in [9.17, 15) is 0 Å². The fourth-order valence-corrected chi connectivity index (χ4v) is 3.11. The van der Waals surface area contributed by atoms with Gasteiger partial charge in [-0.3, -0.25) is 4.90 Å². The second kappa shape index (κ2) is 8.11. The first kappa shape index (κ1) is 17.4. The predicted octanol–water partition coefficient (Wildman–Crippen LogP) is 2.97. The van der Waals surface area contributed by atoms with Crippen molar-refractivity contribution in [3.63, 3.8) is 0 Å². The minimum Gasteiger partial charge on any atom is -0.492 e. The summed E-state index contributed by atoms with van der Waals surface area (Å²) in [7, 11) is 0. The van der Waals surface area contributed by atoms with Crippen molar-refractivity contribution in [3.8, 4) is 5.75 Å². The van der Waals surface area contributed by atoms with E-state index in [-0.39, 0.29) is 5.95 Å². The van der Waals surface area contributed by atoms with Crippen LogP contribution in [0.3, 0.4) is 0 Å². The van der Waals surface area contributed by atoms with Gasteiger partial charge in [0.2, 0.25) is 11.9 Å². The number of nitrogens with two attached hydrogens (primary N) is 1. The van der Waals surface area contributed by atoms with Crippen molar-refractivity contribution >= 4 is 17.6 Å². The molecule has 0 saturated carbocycles. The van der Waals surface area contributed by atoms with Crippen LogP contribution in [0.4, 0.5) is 17.6 Å². The Labute approximate surface area is 148 Å². The van der Waals surface area contributed by atoms with Gasteiger partial charge in [-0.2, -0.15) is 15.0 Å². The van der Waals surface area contributed by atoms with Gasteiger partial charge >= 0.3 is 0 Å². The maximum atomic E-state index is 5.90. The van der Waals surface area contributed by atoms with E-state index >= 15 is 0 Å². The zero-order chi connectivity index (χ0) is 17.6. The summed E-state index contributed by atoms with van der Waals surface area (Å²) in [5.41, 5.74) is 6.71. The third kappa shape index (κ3) is 4.57. The van der Waals surface area contributed by atoms with Crippen LogP contribution in [0.1, 0.15) is 38.9 Å². The first-order chi connectivity index (χ1) is 12.2. The zero-order valence-corrected chi connectivity index (χ0v) is 14.9. The molecule has 2 heterocycles. The van der Waals surface area contributed by atoms with Gasteiger partial charge in [0, 0.05) is 6.04 Å². The topological polar surface area (TPSA) is 89.2 Å². The Kier molecular flexibility index (Phi) is 5.65. The molecule has 1 aliphatic rings. The molecule has 0 amide bonds. The number of ether oxygens (including phenoxy) is 1. The Morgan fingerprint density at radius 2 is 2.08 bits per heavy atom. The number of aromatic nitrogens is 3. The normalized spacial score (nSPS) is 18.1. The van der Waals surface area contributed by atoms with Gasteiger partial charge in [0.15, 0.2) is 0 Å². The number of likely N-dealkylation sites (tertiary alicyclic amines) is 1. The summed E-state index contributed by atoms with van der Waals surface area (Å²) >= 11 is 0. The Morgan fingerprint density at radius 3 is 2.88 bits per heavy atom. The van der Waals surface area contributed by atoms with E-state index in [1.165, 1.54) is 19.3 Å². The van der Waals surface area contributed by atoms with Crippen molar-refractivity contribution in [1.82, 2.24) is 19.9 Å². The first-order valence-electron chi connectivity index (χ1n) is 8.89. The molecule has 1 saturated heterocycles. The summed E-state index contributed by atoms with van der Waals surface area (Å²) in [6.07, 6.45) is 3.73. The predicted molar refractivity (Wildman–Crippen MR) is 98.9 cm³/mol. The number of piperidine rings is 1. The number of anilines is 3. The SMILES string of the molecule is CCOc1ccccc1Nc1nc(N)nc(CN2CCCC[C@H]2C)n1. The van der Waals surface area contributed by atoms with Crippen LogP contribution < -0.4 is 15.8 Å². The fourth-order valence-electron chi connectivity index (χ4n) is 3.11. The maximum absolute atomic E-state index is 5.90. The summed E-state index contributed by atoms with van der Waals surface area (Å²) in [6.45, 7) is 6.56. The number of para-hydroxylation sites is 2. The van der Waals surface area contributed by atoms with Crippen LogP contribution in [0, 0.1) is 0 Å². The monoisotopic (exact) mass is 342 g/mol. The molecule has 25 heavy (non-hydrogen) atoms. The van der Waals surface area contributed by atoms with Gasteiger partial charge in [-0.15, -0.1) is 0 Å². The summed E-state index contributed by atoms with van der Waals surface area (Å²) in [6, 6.07) is 8.25. The van der Waals surface area contributed by atoms with E-state index in [1.807, 2.05) is 31.2 Å². The van der Waals surface area contributed by atoms with Crippen molar-refractivity contribution in [2.75, 3.05) is 24.2 Å². The van der Waals surface area contributed by atoms with Gasteiger partial charge in [0.05, 0.1) is 18.8 Å². The lowest BCUT2D eigenvalue weighted by atomic mass is 10.0. The Morgan fingerprint density at radius 1 is 1.24 bits per heavy atom. The van der Waals surface area contributed by atoms with Gasteiger partial charge in [0.1, 0.15) is 11.6 Å². The van der Waals surface area contributed by atoms with Gasteiger partial charge in [-0.05, 0) is 45.4 Å². The third-order valence-corrected chi connectivity index (χ3v) is 4.42. The highest BCUT2D eigenvalue weighted by Gasteiger charge is 2.20. The third-order valence-electron chi connectivity index (χ3n) is 4.42. The van der Waals surface area contributed by atoms with Gasteiger partial charge in [-0.25, -0.2) is 0 Å². The van der Waals surface area contributed by atoms with E-state index in [2.05, 4.69) is 32.1 Å². The smallest absolute Gasteiger partial charge is 0.232 e. The Balaban J connectivity index is 1.77. The molecule has 1 fully saturated rings. The molecule has 0 aliphatic carbocycles. The van der Waals surface area contributed by atoms with Crippen LogP contribution in [-0.2, 0) is 6.54 Å². The van der Waals surface area contributed by atoms with Crippen molar-refractivity contribution in [1.29, 1.82) is 0 Å². The zero-order valence-electron chi connectivity index (χ0n) is 14.9. The van der Waals surface area contributed by atoms with E-state index in [0.29, 0.717) is 31.0 Å². The van der Waals surface area contributed by atoms with Crippen LogP contribution in [-0.4, -0.2) is 39.0 Å². The van der Waals surface area contributed by atoms with Crippen molar-refractivity contribution in [3.05, 3.63) is 30.1 Å². The van der Waals surface area contributed by atoms with Crippen LogP contribution in [0.15, 0.2) is 24.3 Å². The lowest BCUT2D eigenvalue weighted by molar-refractivity contribution is 0.149. The molecule has 7 heteroatoms. The summed E-state index contributed by atoms with van der Waals surface area (Å²) in [4.78, 5) is 15.5. The highest BCUT2D eigenvalue weighted by atomic mass is 16.5. The number of nitrogens with zero attached hydrogens (tertiary/aromatic N) is 4. The van der Waals surface area contributed by atoms with E-state index in [1.54, 1.807) is 0 Å². The van der Waals surface area contributed by atoms with Crippen LogP contribution >= 0.6 is 0 Å². The highest BCUT2D eigenvalue weighted by Crippen LogP contribution is 2.26. The number of nitrogen functional groups attached to an aromatic ring is 1. The second-order valence-corrected chi connectivity index (χ2v) is 6.30. The number of nitrogens with one attached hydrogen (secondary N) is 1. The molecule has 3 rings (SSSR count). The quantitative estimate of drug-likeness (QED) is 0.834. The molecule has 1 aromatic heterocycles. The summed E-state index contributed by atoms with van der Waals surface area (Å²) < 4.78 is 5.63. The van der Waals surface area contributed by atoms with Crippen molar-refractivity contribution < 1.29 is 4.74 Å². The molecular formula is C18H26N6O. The number of hydrogen-bond donors (Lipinski definition) is 2. The molecule has 0 spiro atoms. The largest absolute Gasteiger partial charge is 0.492 e. The summed E-state index contributed by atoms with van der Waals surface area (Å²) in [5, 5.41) is 3.20. The average molecular weight is 342 g/mol. The van der Waals surface area contributed by atoms with Crippen LogP contribution in [0.2, 0.25) is 0 Å². The minimum atomic E-state index is 0.228. The molecule has 0 unspecified atom stereocenters. The molecule has 2 aromatic rings. The summed E-state index contributed by atoms with van der Waals surface area (Å²) in [5.74, 6) is 2.12. The number of benzene rings is 1. The van der Waals surface area contributed by atoms with E-state index in [0.717, 1.165) is 18.0 Å². The van der Waals surface area contributed by atoms with Gasteiger partial charge < -0.3 is 15.8 Å². The first-order valence-corrected chi connectivity index (χ1v) is 8.89. The molecule has 1 aromatic carbocycles. The number of hydrogen-bond acceptors (Lipinski definition) is 7. The van der Waals surface area contributed by atoms with Crippen molar-refractivity contribution in [2.24, 2.45) is 0 Å². The average Bonchev–Trinajstić information content (AvgIpc) is 2.58. The van der Waals surface area contributed by atoms with Crippen LogP contribution in [0.5, 0.6) is 5.75 Å². The molecule has 7 nitrogen and oxygen atoms in total. The maximum Gasteiger partial charge on any atom is 0.232 e. The molecule has 0 radical (unpaired) electrons. The molecule has 1 atom stereocenters. The van der Waals surface area contributed by atoms with Crippen molar-refractivity contribution in [2.45, 2.75) is 45.7 Å². The molecular weight excluding hydrogens is 316 g/mol. The van der Waals surface area contributed by atoms with E-state index in [4.69, 9.17) is 10.5 Å². The highest BCUT2D eigenvalue weighted by molar-refractivity contribution is 5.62. The Bertz CT molecular complexity index is 708. The van der Waals surface area contributed by atoms with Gasteiger partial charge in [0.25, 0.3) is 0 Å². The molecule has 1 aliphatic heterocycles. The fraction of sp³-hybridized carbons (Fsp3) is 0.500. The van der Waals surface area contributed by atoms with E-state index < -0.39 is 0 Å². The standard InChI is InChI=1S/C18H26N6O/c1-3-25-15-10-5-4-9-14(15)20-18-22-16(21-17(19)23-18)12-24-11-7-6-8-13(24)2/h4-5,9-10,13H,3,6-8,11-12H2,1-2H3,(H3,19,20,21,22,23)/t13-/m1/s1. The second-order valence-electron chi connectivity index (χ2n) is 6.30. The number of rotatable bonds is 6. The molecule has 134 valence electrons. The Hall–Kier alpha value is -2.41. The lowest BCUT2D eigenvalue weighted by Gasteiger charge is -2.32. The minimum absolute atomic E-state index is 0.228. The van der Waals surface area contributed by atoms with Gasteiger partial charge in [-0.1, -0.05) is 18.6 Å².